The van der Waals surface area contributed by atoms with E-state index in [2.05, 4.69) is 16.0 Å². The molecule has 1 aromatic rings. The molecule has 1 unspecified atom stereocenters. The van der Waals surface area contributed by atoms with Crippen molar-refractivity contribution in [3.8, 4) is 0 Å². The van der Waals surface area contributed by atoms with Gasteiger partial charge in [0.2, 0.25) is 0 Å². The maximum absolute atomic E-state index is 5.93. The van der Waals surface area contributed by atoms with Gasteiger partial charge in [-0.1, -0.05) is 6.08 Å². The lowest BCUT2D eigenvalue weighted by atomic mass is 10.2. The third kappa shape index (κ3) is 1.48. The molecule has 1 atom stereocenters. The van der Waals surface area contributed by atoms with Crippen molar-refractivity contribution in [1.29, 1.82) is 0 Å². The smallest absolute Gasteiger partial charge is 0.0842 e. The zero-order valence-corrected chi connectivity index (χ0v) is 7.33. The first-order chi connectivity index (χ1) is 5.86. The molecular formula is C9H9ClN2. The van der Waals surface area contributed by atoms with Gasteiger partial charge in [-0.15, -0.1) is 11.6 Å². The van der Waals surface area contributed by atoms with Crippen LogP contribution in [-0.4, -0.2) is 15.3 Å². The van der Waals surface area contributed by atoms with Gasteiger partial charge in [0.05, 0.1) is 17.3 Å². The Bertz CT molecular complexity index is 295. The summed E-state index contributed by atoms with van der Waals surface area (Å²) in [5, 5.41) is 0.182. The molecule has 0 N–H and O–H groups in total. The third-order valence-electron chi connectivity index (χ3n) is 1.96. The molecular weight excluding hydrogens is 172 g/mol. The van der Waals surface area contributed by atoms with Crippen molar-refractivity contribution in [3.05, 3.63) is 30.4 Å². The van der Waals surface area contributed by atoms with Crippen LogP contribution in [0, 0.1) is 0 Å². The minimum atomic E-state index is 0.182. The van der Waals surface area contributed by atoms with E-state index in [9.17, 15) is 0 Å². The van der Waals surface area contributed by atoms with Gasteiger partial charge in [0.1, 0.15) is 0 Å². The summed E-state index contributed by atoms with van der Waals surface area (Å²) < 4.78 is 0. The Morgan fingerprint density at radius 3 is 2.92 bits per heavy atom. The van der Waals surface area contributed by atoms with Crippen molar-refractivity contribution < 1.29 is 0 Å². The van der Waals surface area contributed by atoms with Crippen molar-refractivity contribution in [2.75, 3.05) is 0 Å². The molecule has 1 aliphatic carbocycles. The molecule has 3 heteroatoms. The first-order valence-corrected chi connectivity index (χ1v) is 4.41. The average Bonchev–Trinajstić information content (AvgIpc) is 2.54. The van der Waals surface area contributed by atoms with Crippen LogP contribution >= 0.6 is 11.6 Å². The Balaban J connectivity index is 2.27. The highest BCUT2D eigenvalue weighted by molar-refractivity contribution is 6.22. The summed E-state index contributed by atoms with van der Waals surface area (Å²) in [5.74, 6) is 0. The average molecular weight is 181 g/mol. The Labute approximate surface area is 76.3 Å². The number of hydrogen-bond acceptors (Lipinski definition) is 2. The van der Waals surface area contributed by atoms with Gasteiger partial charge in [0.25, 0.3) is 0 Å². The van der Waals surface area contributed by atoms with Gasteiger partial charge < -0.3 is 0 Å². The van der Waals surface area contributed by atoms with Gasteiger partial charge in [-0.2, -0.15) is 0 Å². The van der Waals surface area contributed by atoms with E-state index in [4.69, 9.17) is 11.6 Å². The van der Waals surface area contributed by atoms with Crippen molar-refractivity contribution >= 4 is 17.2 Å². The van der Waals surface area contributed by atoms with Crippen LogP contribution in [0.25, 0.3) is 5.57 Å². The second kappa shape index (κ2) is 3.23. The van der Waals surface area contributed by atoms with Crippen LogP contribution in [0.1, 0.15) is 18.5 Å². The highest BCUT2D eigenvalue weighted by Gasteiger charge is 2.14. The van der Waals surface area contributed by atoms with E-state index in [-0.39, 0.29) is 5.38 Å². The molecule has 0 amide bonds. The van der Waals surface area contributed by atoms with Crippen molar-refractivity contribution in [2.24, 2.45) is 0 Å². The number of halogens is 1. The van der Waals surface area contributed by atoms with E-state index in [1.807, 2.05) is 0 Å². The van der Waals surface area contributed by atoms with Crippen LogP contribution in [0.2, 0.25) is 0 Å². The Morgan fingerprint density at radius 2 is 2.33 bits per heavy atom. The summed E-state index contributed by atoms with van der Waals surface area (Å²) in [7, 11) is 0. The highest BCUT2D eigenvalue weighted by Crippen LogP contribution is 2.28. The first-order valence-electron chi connectivity index (χ1n) is 3.97. The molecule has 0 spiro atoms. The van der Waals surface area contributed by atoms with Crippen molar-refractivity contribution in [2.45, 2.75) is 18.2 Å². The molecule has 1 heterocycles. The lowest BCUT2D eigenvalue weighted by Crippen LogP contribution is -1.86. The quantitative estimate of drug-likeness (QED) is 0.620. The largest absolute Gasteiger partial charge is 0.261 e. The Kier molecular flexibility index (Phi) is 2.09. The van der Waals surface area contributed by atoms with E-state index in [1.165, 1.54) is 5.57 Å². The van der Waals surface area contributed by atoms with Crippen LogP contribution in [0.3, 0.4) is 0 Å². The van der Waals surface area contributed by atoms with Crippen LogP contribution < -0.4 is 0 Å². The van der Waals surface area contributed by atoms with Gasteiger partial charge in [-0.05, 0) is 18.4 Å². The molecule has 0 saturated heterocycles. The van der Waals surface area contributed by atoms with Crippen LogP contribution in [0.4, 0.5) is 0 Å². The van der Waals surface area contributed by atoms with E-state index >= 15 is 0 Å². The SMILES string of the molecule is ClC1C=C(c2cnccn2)CC1. The second-order valence-electron chi connectivity index (χ2n) is 2.84. The Hall–Kier alpha value is -0.890. The molecule has 0 fully saturated rings. The number of aromatic nitrogens is 2. The topological polar surface area (TPSA) is 25.8 Å². The van der Waals surface area contributed by atoms with Crippen LogP contribution in [0.5, 0.6) is 0 Å². The minimum Gasteiger partial charge on any atom is -0.261 e. The van der Waals surface area contributed by atoms with Gasteiger partial charge in [-0.25, -0.2) is 0 Å². The lowest BCUT2D eigenvalue weighted by Gasteiger charge is -1.97. The van der Waals surface area contributed by atoms with Crippen molar-refractivity contribution in [1.82, 2.24) is 9.97 Å². The highest BCUT2D eigenvalue weighted by atomic mass is 35.5. The third-order valence-corrected chi connectivity index (χ3v) is 2.31. The molecule has 12 heavy (non-hydrogen) atoms. The first kappa shape index (κ1) is 7.74. The molecule has 1 aromatic heterocycles. The second-order valence-corrected chi connectivity index (χ2v) is 3.40. The molecule has 1 aliphatic rings. The van der Waals surface area contributed by atoms with E-state index in [0.717, 1.165) is 18.5 Å². The number of alkyl halides is 1. The monoisotopic (exact) mass is 180 g/mol. The van der Waals surface area contributed by atoms with Crippen LogP contribution in [-0.2, 0) is 0 Å². The molecule has 2 rings (SSSR count). The zero-order chi connectivity index (χ0) is 8.39. The summed E-state index contributed by atoms with van der Waals surface area (Å²) in [6, 6.07) is 0. The summed E-state index contributed by atoms with van der Waals surface area (Å²) in [5.41, 5.74) is 2.18. The predicted octanol–water partition coefficient (Wildman–Crippen LogP) is 2.26. The molecule has 0 bridgehead atoms. The number of hydrogen-bond donors (Lipinski definition) is 0. The Morgan fingerprint density at radius 1 is 1.42 bits per heavy atom. The molecule has 0 aliphatic heterocycles. The zero-order valence-electron chi connectivity index (χ0n) is 6.57. The maximum atomic E-state index is 5.93. The minimum absolute atomic E-state index is 0.182. The fourth-order valence-corrected chi connectivity index (χ4v) is 1.62. The fraction of sp³-hybridized carbons (Fsp3) is 0.333. The molecule has 62 valence electrons. The summed E-state index contributed by atoms with van der Waals surface area (Å²) >= 11 is 5.93. The van der Waals surface area contributed by atoms with E-state index < -0.39 is 0 Å². The van der Waals surface area contributed by atoms with Gasteiger partial charge in [-0.3, -0.25) is 9.97 Å². The molecule has 0 saturated carbocycles. The number of allylic oxidation sites excluding steroid dienone is 2. The lowest BCUT2D eigenvalue weighted by molar-refractivity contribution is 0.938. The molecule has 0 aromatic carbocycles. The molecule has 2 nitrogen and oxygen atoms in total. The summed E-state index contributed by atoms with van der Waals surface area (Å²) in [4.78, 5) is 8.21. The standard InChI is InChI=1S/C9H9ClN2/c10-8-2-1-7(5-8)9-6-11-3-4-12-9/h3-6,8H,1-2H2. The normalized spacial score (nSPS) is 22.4. The van der Waals surface area contributed by atoms with Crippen LogP contribution in [0.15, 0.2) is 24.7 Å². The summed E-state index contributed by atoms with van der Waals surface area (Å²) in [6.07, 6.45) is 9.27. The molecule has 0 radical (unpaired) electrons. The van der Waals surface area contributed by atoms with Gasteiger partial charge >= 0.3 is 0 Å². The van der Waals surface area contributed by atoms with Crippen molar-refractivity contribution in [3.63, 3.8) is 0 Å². The summed E-state index contributed by atoms with van der Waals surface area (Å²) in [6.45, 7) is 0. The number of rotatable bonds is 1. The predicted molar refractivity (Wildman–Crippen MR) is 48.9 cm³/mol. The number of nitrogens with zero attached hydrogens (tertiary/aromatic N) is 2. The van der Waals surface area contributed by atoms with E-state index in [1.54, 1.807) is 18.6 Å². The van der Waals surface area contributed by atoms with Gasteiger partial charge in [0.15, 0.2) is 0 Å². The maximum Gasteiger partial charge on any atom is 0.0842 e. The van der Waals surface area contributed by atoms with E-state index in [0.29, 0.717) is 0 Å². The fourth-order valence-electron chi connectivity index (χ4n) is 1.36. The van der Waals surface area contributed by atoms with Gasteiger partial charge in [0, 0.05) is 12.4 Å².